The summed E-state index contributed by atoms with van der Waals surface area (Å²) in [5.74, 6) is -2.90. The lowest BCUT2D eigenvalue weighted by atomic mass is 10.0. The molecule has 9 rings (SSSR count). The number of benzene rings is 2. The third-order valence-electron chi connectivity index (χ3n) is 11.8. The summed E-state index contributed by atoms with van der Waals surface area (Å²) >= 11 is 0. The Labute approximate surface area is 333 Å². The van der Waals surface area contributed by atoms with Gasteiger partial charge < -0.3 is 34.2 Å². The number of rotatable bonds is 7. The number of pyridine rings is 1. The van der Waals surface area contributed by atoms with Crippen LogP contribution < -0.4 is 20.1 Å². The van der Waals surface area contributed by atoms with Gasteiger partial charge >= 0.3 is 6.09 Å². The van der Waals surface area contributed by atoms with Crippen molar-refractivity contribution < 1.29 is 50.6 Å². The number of furan rings is 1. The number of carbonyl (C=O) groups excluding carboxylic acids is 4. The van der Waals surface area contributed by atoms with Gasteiger partial charge in [-0.05, 0) is 68.9 Å². The molecular weight excluding hydrogens is 774 g/mol. The Kier molecular flexibility index (Phi) is 9.98. The third kappa shape index (κ3) is 7.45. The molecule has 0 radical (unpaired) electrons. The number of para-hydroxylation sites is 1. The Morgan fingerprint density at radius 2 is 1.86 bits per heavy atom. The monoisotopic (exact) mass is 817 g/mol. The van der Waals surface area contributed by atoms with Gasteiger partial charge in [-0.3, -0.25) is 19.1 Å². The molecule has 4 amide bonds. The Balaban J connectivity index is 1.06. The van der Waals surface area contributed by atoms with Crippen molar-refractivity contribution in [2.45, 2.75) is 99.3 Å². The molecule has 1 unspecified atom stereocenters. The highest BCUT2D eigenvalue weighted by atomic mass is 32.2. The van der Waals surface area contributed by atoms with E-state index in [4.69, 9.17) is 23.6 Å². The van der Waals surface area contributed by atoms with E-state index in [0.29, 0.717) is 66.1 Å². The fourth-order valence-electron chi connectivity index (χ4n) is 8.39. The highest BCUT2D eigenvalue weighted by Crippen LogP contribution is 2.46. The third-order valence-corrected chi connectivity index (χ3v) is 13.6. The number of halogens is 1. The average molecular weight is 818 g/mol. The molecule has 5 aliphatic rings. The average Bonchev–Trinajstić information content (AvgIpc) is 4.01. The van der Waals surface area contributed by atoms with Crippen LogP contribution in [0.2, 0.25) is 0 Å². The highest BCUT2D eigenvalue weighted by molar-refractivity contribution is 7.91. The molecule has 3 N–H and O–H groups in total. The van der Waals surface area contributed by atoms with Gasteiger partial charge in [-0.25, -0.2) is 22.6 Å². The molecule has 2 saturated carbocycles. The Morgan fingerprint density at radius 3 is 2.67 bits per heavy atom. The summed E-state index contributed by atoms with van der Waals surface area (Å²) in [5.41, 5.74) is 0.161. The summed E-state index contributed by atoms with van der Waals surface area (Å²) in [4.78, 5) is 62.3. The molecule has 5 heterocycles. The van der Waals surface area contributed by atoms with E-state index in [-0.39, 0.29) is 43.7 Å². The summed E-state index contributed by atoms with van der Waals surface area (Å²) in [6.07, 6.45) is 6.18. The van der Waals surface area contributed by atoms with Crippen LogP contribution in [0, 0.1) is 11.7 Å². The van der Waals surface area contributed by atoms with Crippen molar-refractivity contribution in [1.82, 2.24) is 25.2 Å². The van der Waals surface area contributed by atoms with Gasteiger partial charge in [-0.1, -0.05) is 37.1 Å². The van der Waals surface area contributed by atoms with E-state index in [0.717, 1.165) is 12.8 Å². The molecule has 0 spiro atoms. The van der Waals surface area contributed by atoms with Crippen LogP contribution in [-0.4, -0.2) is 97.0 Å². The SMILES string of the molecule is O=C(N[C@H]1CCCCCC=C[C@@H]2C[C@@]2(C(=O)NS(=O)(=O)C2CC2)NC(=O)[C@@H]2C[C@@H](Oc3c4cc(F)ccc4nc4c3oc3ccccc34)CN2C1=O)OC1CCOC1. The molecule has 4 aromatic rings. The first kappa shape index (κ1) is 38.2. The van der Waals surface area contributed by atoms with Crippen LogP contribution in [-0.2, 0) is 33.9 Å². The van der Waals surface area contributed by atoms with Crippen molar-refractivity contribution in [1.29, 1.82) is 0 Å². The van der Waals surface area contributed by atoms with Gasteiger partial charge in [0.1, 0.15) is 46.7 Å². The molecule has 0 bridgehead atoms. The number of nitrogens with one attached hydrogen (secondary N) is 3. The first-order chi connectivity index (χ1) is 28.0. The van der Waals surface area contributed by atoms with E-state index >= 15 is 0 Å². The van der Waals surface area contributed by atoms with Gasteiger partial charge in [-0.15, -0.1) is 0 Å². The molecule has 58 heavy (non-hydrogen) atoms. The number of alkyl carbamates (subject to hydrolysis) is 1. The Morgan fingerprint density at radius 1 is 1.02 bits per heavy atom. The fourth-order valence-corrected chi connectivity index (χ4v) is 9.76. The lowest BCUT2D eigenvalue weighted by molar-refractivity contribution is -0.141. The predicted molar refractivity (Wildman–Crippen MR) is 207 cm³/mol. The van der Waals surface area contributed by atoms with Gasteiger partial charge in [0.2, 0.25) is 21.8 Å². The summed E-state index contributed by atoms with van der Waals surface area (Å²) in [6, 6.07) is 9.12. The smallest absolute Gasteiger partial charge is 0.408 e. The summed E-state index contributed by atoms with van der Waals surface area (Å²) < 4.78 is 66.6. The molecule has 4 fully saturated rings. The zero-order valence-corrected chi connectivity index (χ0v) is 32.4. The number of fused-ring (bicyclic) bond motifs is 6. The second-order valence-electron chi connectivity index (χ2n) is 16.0. The standard InChI is InChI=1S/C41H44FN5O10S/c42-24-12-15-30-29(18-24)35(36-34(43-30)28-9-6-7-11-33(28)57-36)55-26-19-32-37(48)45-41(39(50)46-58(52,53)27-13-14-27)20-23(41)8-4-2-1-3-5-10-31(38(49)47(32)21-26)44-40(51)56-25-16-17-54-22-25/h4,6-9,11-12,15,18,23,25-27,31-32H,1-3,5,10,13-14,16-17,19-22H2,(H,44,51)(H,45,48)(H,46,50)/t23-,25?,26-,31+,32+,41-/m1/s1. The number of hydrogen-bond donors (Lipinski definition) is 3. The molecule has 2 aliphatic carbocycles. The van der Waals surface area contributed by atoms with Gasteiger partial charge in [0.25, 0.3) is 5.91 Å². The molecule has 17 heteroatoms. The maximum absolute atomic E-state index is 14.8. The Bertz CT molecular complexity index is 2450. The molecule has 2 aromatic heterocycles. The predicted octanol–water partition coefficient (Wildman–Crippen LogP) is 4.51. The Hall–Kier alpha value is -5.29. The first-order valence-corrected chi connectivity index (χ1v) is 21.5. The number of hydrogen-bond acceptors (Lipinski definition) is 11. The van der Waals surface area contributed by atoms with Gasteiger partial charge in [0, 0.05) is 29.5 Å². The lowest BCUT2D eigenvalue weighted by Gasteiger charge is -2.30. The number of carbonyl (C=O) groups is 4. The van der Waals surface area contributed by atoms with Crippen molar-refractivity contribution in [2.24, 2.45) is 5.92 Å². The largest absolute Gasteiger partial charge is 0.484 e. The fraction of sp³-hybridized carbons (Fsp3) is 0.488. The maximum Gasteiger partial charge on any atom is 0.408 e. The van der Waals surface area contributed by atoms with Crippen LogP contribution in [0.3, 0.4) is 0 Å². The van der Waals surface area contributed by atoms with E-state index in [9.17, 15) is 32.0 Å². The van der Waals surface area contributed by atoms with Crippen molar-refractivity contribution in [2.75, 3.05) is 19.8 Å². The lowest BCUT2D eigenvalue weighted by Crippen LogP contribution is -2.58. The van der Waals surface area contributed by atoms with Gasteiger partial charge in [-0.2, -0.15) is 0 Å². The first-order valence-electron chi connectivity index (χ1n) is 20.0. The minimum absolute atomic E-state index is 0.0619. The van der Waals surface area contributed by atoms with E-state index < -0.39 is 80.7 Å². The van der Waals surface area contributed by atoms with Crippen LogP contribution in [0.15, 0.2) is 59.0 Å². The van der Waals surface area contributed by atoms with E-state index in [1.54, 1.807) is 6.07 Å². The van der Waals surface area contributed by atoms with Gasteiger partial charge in [0.05, 0.1) is 30.5 Å². The molecule has 306 valence electrons. The van der Waals surface area contributed by atoms with E-state index in [1.807, 2.05) is 30.4 Å². The number of allylic oxidation sites excluding steroid dienone is 1. The highest BCUT2D eigenvalue weighted by Gasteiger charge is 2.62. The summed E-state index contributed by atoms with van der Waals surface area (Å²) in [7, 11) is -3.94. The van der Waals surface area contributed by atoms with E-state index in [2.05, 4.69) is 15.4 Å². The van der Waals surface area contributed by atoms with Crippen molar-refractivity contribution >= 4 is 66.8 Å². The van der Waals surface area contributed by atoms with Crippen LogP contribution >= 0.6 is 0 Å². The normalized spacial score (nSPS) is 28.0. The second kappa shape index (κ2) is 15.1. The van der Waals surface area contributed by atoms with Crippen LogP contribution in [0.1, 0.15) is 64.2 Å². The van der Waals surface area contributed by atoms with Crippen molar-refractivity contribution in [3.63, 3.8) is 0 Å². The molecule has 2 saturated heterocycles. The zero-order valence-electron chi connectivity index (χ0n) is 31.6. The number of ether oxygens (including phenoxy) is 3. The number of amides is 4. The number of aromatic nitrogens is 1. The summed E-state index contributed by atoms with van der Waals surface area (Å²) in [6.45, 7) is 0.574. The zero-order chi connectivity index (χ0) is 40.2. The van der Waals surface area contributed by atoms with Crippen LogP contribution in [0.25, 0.3) is 33.0 Å². The topological polar surface area (TPSA) is 195 Å². The minimum atomic E-state index is -3.94. The van der Waals surface area contributed by atoms with Crippen LogP contribution in [0.5, 0.6) is 5.75 Å². The van der Waals surface area contributed by atoms with Crippen molar-refractivity contribution in [3.05, 3.63) is 60.4 Å². The second-order valence-corrected chi connectivity index (χ2v) is 17.9. The minimum Gasteiger partial charge on any atom is -0.484 e. The number of sulfonamides is 1. The molecular formula is C41H44FN5O10S. The van der Waals surface area contributed by atoms with Crippen LogP contribution in [0.4, 0.5) is 9.18 Å². The van der Waals surface area contributed by atoms with Crippen molar-refractivity contribution in [3.8, 4) is 5.75 Å². The van der Waals surface area contributed by atoms with E-state index in [1.165, 1.54) is 23.1 Å². The molecule has 2 aromatic carbocycles. The maximum atomic E-state index is 14.8. The quantitative estimate of drug-likeness (QED) is 0.222. The molecule has 15 nitrogen and oxygen atoms in total. The van der Waals surface area contributed by atoms with Gasteiger partial charge in [0.15, 0.2) is 11.3 Å². The molecule has 3 aliphatic heterocycles. The molecule has 6 atom stereocenters. The number of nitrogens with zero attached hydrogens (tertiary/aromatic N) is 2. The summed E-state index contributed by atoms with van der Waals surface area (Å²) in [5, 5.41) is 5.99.